The lowest BCUT2D eigenvalue weighted by atomic mass is 10.1. The maximum absolute atomic E-state index is 11.6. The second-order valence-corrected chi connectivity index (χ2v) is 5.32. The summed E-state index contributed by atoms with van der Waals surface area (Å²) in [4.78, 5) is 23.2. The highest BCUT2D eigenvalue weighted by Gasteiger charge is 2.24. The molecule has 0 aliphatic rings. The molecule has 0 aromatic rings. The Labute approximate surface area is 115 Å². The fraction of sp³-hybridized carbons (Fsp3) is 0.846. The first kappa shape index (κ1) is 17.7. The number of hydrogen-bond acceptors (Lipinski definition) is 5. The second-order valence-electron chi connectivity index (χ2n) is 5.32. The van der Waals surface area contributed by atoms with Gasteiger partial charge in [0.15, 0.2) is 0 Å². The third kappa shape index (κ3) is 9.30. The van der Waals surface area contributed by atoms with Crippen molar-refractivity contribution >= 4 is 12.1 Å². The lowest BCUT2D eigenvalue weighted by molar-refractivity contribution is -0.143. The number of carbonyl (C=O) groups excluding carboxylic acids is 2. The molecule has 19 heavy (non-hydrogen) atoms. The monoisotopic (exact) mass is 274 g/mol. The Morgan fingerprint density at radius 2 is 1.84 bits per heavy atom. The van der Waals surface area contributed by atoms with E-state index in [0.717, 1.165) is 19.4 Å². The predicted octanol–water partition coefficient (Wildman–Crippen LogP) is 1.44. The van der Waals surface area contributed by atoms with Gasteiger partial charge in [-0.05, 0) is 53.6 Å². The molecule has 0 heterocycles. The summed E-state index contributed by atoms with van der Waals surface area (Å²) in [5.41, 5.74) is -0.586. The average molecular weight is 274 g/mol. The molecular weight excluding hydrogens is 248 g/mol. The molecule has 0 rings (SSSR count). The molecule has 6 nitrogen and oxygen atoms in total. The largest absolute Gasteiger partial charge is 0.467 e. The van der Waals surface area contributed by atoms with Crippen LogP contribution in [0, 0.1) is 0 Å². The van der Waals surface area contributed by atoms with Gasteiger partial charge in [0.2, 0.25) is 0 Å². The first-order valence-corrected chi connectivity index (χ1v) is 6.52. The molecule has 0 saturated carbocycles. The third-order valence-corrected chi connectivity index (χ3v) is 2.35. The van der Waals surface area contributed by atoms with Gasteiger partial charge in [-0.2, -0.15) is 0 Å². The summed E-state index contributed by atoms with van der Waals surface area (Å²) in [6.45, 7) is 6.19. The first-order chi connectivity index (χ1) is 8.80. The van der Waals surface area contributed by atoms with Crippen molar-refractivity contribution in [1.29, 1.82) is 0 Å². The van der Waals surface area contributed by atoms with Crippen LogP contribution in [0.1, 0.15) is 40.0 Å². The van der Waals surface area contributed by atoms with E-state index in [9.17, 15) is 9.59 Å². The van der Waals surface area contributed by atoms with Crippen LogP contribution in [0.5, 0.6) is 0 Å². The van der Waals surface area contributed by atoms with Crippen molar-refractivity contribution in [3.63, 3.8) is 0 Å². The van der Waals surface area contributed by atoms with E-state index in [4.69, 9.17) is 4.74 Å². The van der Waals surface area contributed by atoms with Crippen molar-refractivity contribution in [2.75, 3.05) is 20.7 Å². The van der Waals surface area contributed by atoms with Gasteiger partial charge in [0.25, 0.3) is 0 Å². The summed E-state index contributed by atoms with van der Waals surface area (Å²) in [5.74, 6) is -0.449. The number of esters is 1. The van der Waals surface area contributed by atoms with Crippen molar-refractivity contribution in [2.45, 2.75) is 51.7 Å². The summed E-state index contributed by atoms with van der Waals surface area (Å²) in [6, 6.07) is -0.656. The number of hydrogen-bond donors (Lipinski definition) is 2. The molecular formula is C13H26N2O4. The molecule has 6 heteroatoms. The van der Waals surface area contributed by atoms with Crippen LogP contribution in [0.2, 0.25) is 0 Å². The smallest absolute Gasteiger partial charge is 0.408 e. The van der Waals surface area contributed by atoms with E-state index in [1.807, 2.05) is 7.05 Å². The standard InChI is InChI=1S/C13H26N2O4/c1-13(2,3)19-12(17)15-10(11(16)18-5)8-6-7-9-14-4/h10,14H,6-9H2,1-5H3,(H,15,17)/t10-/m0/s1. The van der Waals surface area contributed by atoms with E-state index in [-0.39, 0.29) is 0 Å². The molecule has 0 spiro atoms. The van der Waals surface area contributed by atoms with Crippen LogP contribution in [0.3, 0.4) is 0 Å². The minimum absolute atomic E-state index is 0.449. The number of nitrogens with one attached hydrogen (secondary N) is 2. The Bertz CT molecular complexity index is 287. The summed E-state index contributed by atoms with van der Waals surface area (Å²) in [6.07, 6.45) is 1.68. The van der Waals surface area contributed by atoms with Crippen LogP contribution in [0.15, 0.2) is 0 Å². The normalized spacial score (nSPS) is 12.7. The molecule has 0 aliphatic heterocycles. The van der Waals surface area contributed by atoms with Gasteiger partial charge in [0.05, 0.1) is 7.11 Å². The van der Waals surface area contributed by atoms with Crippen LogP contribution in [-0.4, -0.2) is 44.4 Å². The number of unbranched alkanes of at least 4 members (excludes halogenated alkanes) is 1. The molecule has 0 aromatic carbocycles. The summed E-state index contributed by atoms with van der Waals surface area (Å²) in [5, 5.41) is 5.57. The molecule has 2 N–H and O–H groups in total. The molecule has 1 amide bonds. The lowest BCUT2D eigenvalue weighted by Crippen LogP contribution is -2.44. The summed E-state index contributed by atoms with van der Waals surface area (Å²) < 4.78 is 9.80. The van der Waals surface area contributed by atoms with E-state index in [1.165, 1.54) is 7.11 Å². The third-order valence-electron chi connectivity index (χ3n) is 2.35. The fourth-order valence-corrected chi connectivity index (χ4v) is 1.49. The van der Waals surface area contributed by atoms with Gasteiger partial charge in [-0.3, -0.25) is 0 Å². The van der Waals surface area contributed by atoms with Crippen LogP contribution in [-0.2, 0) is 14.3 Å². The van der Waals surface area contributed by atoms with E-state index in [0.29, 0.717) is 6.42 Å². The maximum Gasteiger partial charge on any atom is 0.408 e. The van der Waals surface area contributed by atoms with E-state index >= 15 is 0 Å². The van der Waals surface area contributed by atoms with Crippen LogP contribution in [0.25, 0.3) is 0 Å². The topological polar surface area (TPSA) is 76.7 Å². The Balaban J connectivity index is 4.27. The SMILES string of the molecule is CNCCCC[C@H](NC(=O)OC(C)(C)C)C(=O)OC. The molecule has 112 valence electrons. The van der Waals surface area contributed by atoms with Crippen molar-refractivity contribution in [2.24, 2.45) is 0 Å². The number of rotatable bonds is 7. The van der Waals surface area contributed by atoms with Gasteiger partial charge in [-0.15, -0.1) is 0 Å². The summed E-state index contributed by atoms with van der Waals surface area (Å²) in [7, 11) is 3.18. The van der Waals surface area contributed by atoms with Gasteiger partial charge >= 0.3 is 12.1 Å². The molecule has 0 radical (unpaired) electrons. The highest BCUT2D eigenvalue weighted by atomic mass is 16.6. The minimum Gasteiger partial charge on any atom is -0.467 e. The van der Waals surface area contributed by atoms with Crippen molar-refractivity contribution < 1.29 is 19.1 Å². The average Bonchev–Trinajstić information content (AvgIpc) is 2.29. The number of methoxy groups -OCH3 is 1. The molecule has 0 aliphatic carbocycles. The van der Waals surface area contributed by atoms with Crippen molar-refractivity contribution in [3.05, 3.63) is 0 Å². The first-order valence-electron chi connectivity index (χ1n) is 6.52. The number of carbonyl (C=O) groups is 2. The highest BCUT2D eigenvalue weighted by molar-refractivity contribution is 5.81. The molecule has 1 atom stereocenters. The Kier molecular flexibility index (Phi) is 8.14. The number of amides is 1. The number of ether oxygens (including phenoxy) is 2. The summed E-state index contributed by atoms with van der Waals surface area (Å²) >= 11 is 0. The van der Waals surface area contributed by atoms with Crippen LogP contribution in [0.4, 0.5) is 4.79 Å². The second kappa shape index (κ2) is 8.74. The predicted molar refractivity (Wildman–Crippen MR) is 73.0 cm³/mol. The van der Waals surface area contributed by atoms with Gasteiger partial charge in [-0.1, -0.05) is 0 Å². The Morgan fingerprint density at radius 3 is 2.32 bits per heavy atom. The van der Waals surface area contributed by atoms with E-state index in [2.05, 4.69) is 15.4 Å². The van der Waals surface area contributed by atoms with Crippen LogP contribution >= 0.6 is 0 Å². The van der Waals surface area contributed by atoms with E-state index in [1.54, 1.807) is 20.8 Å². The quantitative estimate of drug-likeness (QED) is 0.542. The zero-order valence-electron chi connectivity index (χ0n) is 12.5. The zero-order valence-corrected chi connectivity index (χ0v) is 12.5. The van der Waals surface area contributed by atoms with Gasteiger partial charge in [-0.25, -0.2) is 9.59 Å². The van der Waals surface area contributed by atoms with Crippen LogP contribution < -0.4 is 10.6 Å². The molecule has 0 unspecified atom stereocenters. The number of alkyl carbamates (subject to hydrolysis) is 1. The molecule has 0 aromatic heterocycles. The van der Waals surface area contributed by atoms with Crippen molar-refractivity contribution in [1.82, 2.24) is 10.6 Å². The molecule has 0 bridgehead atoms. The maximum atomic E-state index is 11.6. The zero-order chi connectivity index (χ0) is 14.9. The Morgan fingerprint density at radius 1 is 1.21 bits per heavy atom. The van der Waals surface area contributed by atoms with Gasteiger partial charge in [0, 0.05) is 0 Å². The molecule has 0 saturated heterocycles. The fourth-order valence-electron chi connectivity index (χ4n) is 1.49. The van der Waals surface area contributed by atoms with E-state index < -0.39 is 23.7 Å². The van der Waals surface area contributed by atoms with Gasteiger partial charge < -0.3 is 20.1 Å². The lowest BCUT2D eigenvalue weighted by Gasteiger charge is -2.22. The molecule has 0 fully saturated rings. The van der Waals surface area contributed by atoms with Gasteiger partial charge in [0.1, 0.15) is 11.6 Å². The van der Waals surface area contributed by atoms with Crippen molar-refractivity contribution in [3.8, 4) is 0 Å². The Hall–Kier alpha value is -1.30. The highest BCUT2D eigenvalue weighted by Crippen LogP contribution is 2.08. The minimum atomic E-state index is -0.656.